The van der Waals surface area contributed by atoms with Crippen molar-refractivity contribution in [1.29, 1.82) is 0 Å². The fraction of sp³-hybridized carbons (Fsp3) is 0.796. The number of ether oxygens (including phenoxy) is 4. The Kier molecular flexibility index (Phi) is 10.5. The van der Waals surface area contributed by atoms with Crippen LogP contribution in [0.4, 0.5) is 0 Å². The normalized spacial score (nSPS) is 45.8. The van der Waals surface area contributed by atoms with E-state index in [1.165, 1.54) is 0 Å². The Bertz CT molecular complexity index is 1750. The Morgan fingerprint density at radius 2 is 0.949 bits per heavy atom. The average Bonchev–Trinajstić information content (AvgIpc) is 3.58. The summed E-state index contributed by atoms with van der Waals surface area (Å²) in [6, 6.07) is 0. The Hall–Kier alpha value is -3.30. The zero-order valence-corrected chi connectivity index (χ0v) is 36.9. The van der Waals surface area contributed by atoms with Gasteiger partial charge >= 0.3 is 23.9 Å². The number of esters is 4. The lowest BCUT2D eigenvalue weighted by atomic mass is 9.45. The predicted octanol–water partition coefficient (Wildman–Crippen LogP) is 8.91. The lowest BCUT2D eigenvalue weighted by molar-refractivity contribution is -0.209. The van der Waals surface area contributed by atoms with Gasteiger partial charge in [0.05, 0.1) is 0 Å². The van der Waals surface area contributed by atoms with Crippen molar-refractivity contribution in [2.24, 2.45) is 57.2 Å². The van der Waals surface area contributed by atoms with Crippen LogP contribution in [0.5, 0.6) is 0 Å². The molecule has 14 atom stereocenters. The molecule has 8 rings (SSSR count). The molecule has 0 amide bonds. The van der Waals surface area contributed by atoms with E-state index in [1.807, 2.05) is 26.0 Å². The highest BCUT2D eigenvalue weighted by Crippen LogP contribution is 2.70. The number of carbonyl (C=O) groups is 6. The van der Waals surface area contributed by atoms with Gasteiger partial charge in [0, 0.05) is 48.3 Å². The van der Waals surface area contributed by atoms with E-state index < -0.39 is 52.6 Å². The van der Waals surface area contributed by atoms with Gasteiger partial charge in [-0.25, -0.2) is 0 Å². The van der Waals surface area contributed by atoms with E-state index >= 15 is 0 Å². The maximum Gasteiger partial charge on any atom is 0.317 e. The van der Waals surface area contributed by atoms with Crippen LogP contribution in [0.1, 0.15) is 165 Å². The molecular formula is C49H68O10. The fourth-order valence-corrected chi connectivity index (χ4v) is 15.5. The first-order chi connectivity index (χ1) is 27.7. The molecule has 10 nitrogen and oxygen atoms in total. The predicted molar refractivity (Wildman–Crippen MR) is 218 cm³/mol. The summed E-state index contributed by atoms with van der Waals surface area (Å²) >= 11 is 0. The van der Waals surface area contributed by atoms with Crippen LogP contribution in [0.2, 0.25) is 0 Å². The molecule has 0 aromatic heterocycles. The van der Waals surface area contributed by atoms with Gasteiger partial charge in [-0.15, -0.1) is 0 Å². The van der Waals surface area contributed by atoms with E-state index in [2.05, 4.69) is 27.7 Å². The van der Waals surface area contributed by atoms with Crippen LogP contribution in [-0.4, -0.2) is 58.9 Å². The first kappa shape index (κ1) is 42.4. The molecular weight excluding hydrogens is 749 g/mol. The van der Waals surface area contributed by atoms with E-state index in [4.69, 9.17) is 18.9 Å². The second-order valence-corrected chi connectivity index (χ2v) is 21.4. The van der Waals surface area contributed by atoms with Gasteiger partial charge in [0.1, 0.15) is 29.8 Å². The van der Waals surface area contributed by atoms with Gasteiger partial charge in [0.25, 0.3) is 0 Å². The second kappa shape index (κ2) is 14.7. The minimum absolute atomic E-state index is 0.0406. The van der Waals surface area contributed by atoms with Crippen LogP contribution < -0.4 is 0 Å². The van der Waals surface area contributed by atoms with Crippen molar-refractivity contribution in [2.45, 2.75) is 188 Å². The third-order valence-corrected chi connectivity index (χ3v) is 18.9. The molecule has 0 aromatic carbocycles. The summed E-state index contributed by atoms with van der Waals surface area (Å²) in [5.41, 5.74) is -0.734. The number of ketones is 2. The lowest BCUT2D eigenvalue weighted by Gasteiger charge is -2.61. The molecule has 59 heavy (non-hydrogen) atoms. The monoisotopic (exact) mass is 816 g/mol. The summed E-state index contributed by atoms with van der Waals surface area (Å²) in [5.74, 6) is -0.612. The molecule has 0 spiro atoms. The molecule has 0 N–H and O–H groups in total. The summed E-state index contributed by atoms with van der Waals surface area (Å²) < 4.78 is 25.7. The number of rotatable bonds is 8. The van der Waals surface area contributed by atoms with Crippen molar-refractivity contribution in [3.05, 3.63) is 23.3 Å². The summed E-state index contributed by atoms with van der Waals surface area (Å²) in [4.78, 5) is 79.6. The number of hydrogen-bond acceptors (Lipinski definition) is 10. The van der Waals surface area contributed by atoms with Crippen LogP contribution in [0.15, 0.2) is 23.3 Å². The summed E-state index contributed by atoms with van der Waals surface area (Å²) in [6.07, 6.45) is 12.5. The zero-order valence-electron chi connectivity index (χ0n) is 36.9. The van der Waals surface area contributed by atoms with Crippen LogP contribution in [0, 0.1) is 57.2 Å². The van der Waals surface area contributed by atoms with E-state index in [-0.39, 0.29) is 82.7 Å². The molecule has 0 bridgehead atoms. The van der Waals surface area contributed by atoms with Crippen molar-refractivity contribution in [2.75, 3.05) is 0 Å². The molecule has 4 unspecified atom stereocenters. The topological polar surface area (TPSA) is 139 Å². The van der Waals surface area contributed by atoms with Gasteiger partial charge in [-0.05, 0) is 138 Å². The Morgan fingerprint density at radius 3 is 1.32 bits per heavy atom. The maximum atomic E-state index is 14.3. The first-order valence-corrected chi connectivity index (χ1v) is 23.0. The van der Waals surface area contributed by atoms with E-state index in [1.54, 1.807) is 13.8 Å². The fourth-order valence-electron chi connectivity index (χ4n) is 15.5. The average molecular weight is 817 g/mol. The van der Waals surface area contributed by atoms with Crippen molar-refractivity contribution in [1.82, 2.24) is 0 Å². The van der Waals surface area contributed by atoms with Crippen LogP contribution in [0.3, 0.4) is 0 Å². The standard InChI is InChI=1S/C49H68O10/c1-9-38(52)58-48(7)21-17-34-32-13-11-28-23-30(50)15-19-44(28,3)42(32)36(26-46(34,48)5)56-40(54)25-41(55)57-37-27-47(6)35(18-22-49(47,8)59-39(53)10-2)33-14-12-29-24-31(51)16-20-45(29,4)43(33)37/h23-24,32-37,42-43H,9-22,25-27H2,1-8H3/t32-,33-,34-,35-,36?,37?,42-,43-,44-,45-,46-,47-,48?,49?/m0/s1. The van der Waals surface area contributed by atoms with Gasteiger partial charge in [-0.3, -0.25) is 28.8 Å². The highest BCUT2D eigenvalue weighted by atomic mass is 16.6. The van der Waals surface area contributed by atoms with Gasteiger partial charge in [-0.1, -0.05) is 52.7 Å². The van der Waals surface area contributed by atoms with Crippen LogP contribution >= 0.6 is 0 Å². The number of carbonyl (C=O) groups excluding carboxylic acids is 6. The third kappa shape index (κ3) is 6.52. The smallest absolute Gasteiger partial charge is 0.317 e. The number of hydrogen-bond donors (Lipinski definition) is 0. The third-order valence-electron chi connectivity index (χ3n) is 18.9. The zero-order chi connectivity index (χ0) is 42.5. The van der Waals surface area contributed by atoms with Gasteiger partial charge < -0.3 is 18.9 Å². The minimum atomic E-state index is -0.725. The molecule has 0 aliphatic heterocycles. The first-order valence-electron chi connectivity index (χ1n) is 23.0. The summed E-state index contributed by atoms with van der Waals surface area (Å²) in [7, 11) is 0. The van der Waals surface area contributed by atoms with Crippen LogP contribution in [0.25, 0.3) is 0 Å². The molecule has 8 aliphatic rings. The van der Waals surface area contributed by atoms with E-state index in [9.17, 15) is 28.8 Å². The van der Waals surface area contributed by atoms with Crippen molar-refractivity contribution in [3.8, 4) is 0 Å². The maximum absolute atomic E-state index is 14.3. The van der Waals surface area contributed by atoms with Crippen LogP contribution in [-0.2, 0) is 47.7 Å². The molecule has 10 heteroatoms. The molecule has 0 radical (unpaired) electrons. The Morgan fingerprint density at radius 1 is 0.559 bits per heavy atom. The SMILES string of the molecule is CCC(=O)OC1(C)CC[C@H]2[C@@H]3CCC4=CC(=O)CC[C@]4(C)[C@@H]3C(OC(=O)CC(=O)OC3C[C@@]4(C)[C@@H](CCC4(C)OC(=O)CC)[C@@H]4CCC5=CC(=O)CC[C@]5(C)[C@H]34)C[C@@]21C. The lowest BCUT2D eigenvalue weighted by Crippen LogP contribution is -2.61. The van der Waals surface area contributed by atoms with Crippen molar-refractivity contribution >= 4 is 35.4 Å². The van der Waals surface area contributed by atoms with Crippen molar-refractivity contribution in [3.63, 3.8) is 0 Å². The Balaban J connectivity index is 1.07. The molecule has 8 aliphatic carbocycles. The second-order valence-electron chi connectivity index (χ2n) is 21.4. The molecule has 0 saturated heterocycles. The summed E-state index contributed by atoms with van der Waals surface area (Å²) in [6.45, 7) is 16.6. The highest BCUT2D eigenvalue weighted by Gasteiger charge is 2.69. The van der Waals surface area contributed by atoms with Gasteiger partial charge in [0.15, 0.2) is 11.6 Å². The highest BCUT2D eigenvalue weighted by molar-refractivity contribution is 5.93. The number of fused-ring (bicyclic) bond motifs is 10. The van der Waals surface area contributed by atoms with E-state index in [0.29, 0.717) is 38.5 Å². The summed E-state index contributed by atoms with van der Waals surface area (Å²) in [5, 5.41) is 0. The molecule has 6 saturated carbocycles. The molecule has 324 valence electrons. The van der Waals surface area contributed by atoms with Gasteiger partial charge in [-0.2, -0.15) is 0 Å². The Labute approximate surface area is 350 Å². The molecule has 6 fully saturated rings. The van der Waals surface area contributed by atoms with Crippen molar-refractivity contribution < 1.29 is 47.7 Å². The minimum Gasteiger partial charge on any atom is -0.462 e. The van der Waals surface area contributed by atoms with E-state index in [0.717, 1.165) is 62.5 Å². The molecule has 0 heterocycles. The number of allylic oxidation sites excluding steroid dienone is 2. The van der Waals surface area contributed by atoms with Gasteiger partial charge in [0.2, 0.25) is 0 Å². The largest absolute Gasteiger partial charge is 0.462 e. The quantitative estimate of drug-likeness (QED) is 0.133. The molecule has 0 aromatic rings.